The van der Waals surface area contributed by atoms with Crippen LogP contribution in [0.5, 0.6) is 0 Å². The Kier molecular flexibility index (Phi) is 6.49. The molecule has 4 heterocycles. The first-order valence-corrected chi connectivity index (χ1v) is 12.4. The summed E-state index contributed by atoms with van der Waals surface area (Å²) in [6.45, 7) is 7.72. The van der Waals surface area contributed by atoms with E-state index in [2.05, 4.69) is 69.6 Å². The van der Waals surface area contributed by atoms with Crippen LogP contribution in [0.4, 0.5) is 0 Å². The minimum absolute atomic E-state index is 0.0828. The van der Waals surface area contributed by atoms with Crippen molar-refractivity contribution in [3.8, 4) is 17.3 Å². The van der Waals surface area contributed by atoms with Crippen molar-refractivity contribution in [1.29, 1.82) is 0 Å². The van der Waals surface area contributed by atoms with Crippen molar-refractivity contribution in [2.24, 2.45) is 10.9 Å². The average Bonchev–Trinajstić information content (AvgIpc) is 3.63. The summed E-state index contributed by atoms with van der Waals surface area (Å²) in [5.41, 5.74) is 2.43. The highest BCUT2D eigenvalue weighted by Gasteiger charge is 2.33. The number of allylic oxidation sites excluding steroid dienone is 1. The number of tetrazole rings is 1. The van der Waals surface area contributed by atoms with Gasteiger partial charge in [-0.3, -0.25) is 9.56 Å². The van der Waals surface area contributed by atoms with Gasteiger partial charge < -0.3 is 4.57 Å². The topological polar surface area (TPSA) is 112 Å². The number of nitrogens with zero attached hydrogens (tertiary/aromatic N) is 8. The number of aryl methyl sites for hydroxylation is 1. The maximum Gasteiger partial charge on any atom is 0.335 e. The van der Waals surface area contributed by atoms with Crippen LogP contribution in [0, 0.1) is 5.92 Å². The second-order valence-electron chi connectivity index (χ2n) is 9.72. The van der Waals surface area contributed by atoms with Gasteiger partial charge in [0.15, 0.2) is 5.82 Å². The largest absolute Gasteiger partial charge is 0.335 e. The standard InChI is InChI=1S/C26H31N9O/c1-4-6-22-17-34(24-28-13-14-33(24)16-19(2)3)25(36)35(22)18-26(9-11-27-12-10-26)21-8-5-7-20(15-21)23-29-31-32-30-23/h5,7-9,11-15,17,19H,4,6,10,16,18H2,1-3H3,(H,29,30,31,32). The second-order valence-corrected chi connectivity index (χ2v) is 9.72. The minimum atomic E-state index is -0.447. The Morgan fingerprint density at radius 2 is 2.14 bits per heavy atom. The van der Waals surface area contributed by atoms with Gasteiger partial charge in [0.25, 0.3) is 0 Å². The first-order valence-electron chi connectivity index (χ1n) is 12.4. The average molecular weight is 486 g/mol. The van der Waals surface area contributed by atoms with Crippen LogP contribution in [0.15, 0.2) is 64.9 Å². The zero-order valence-electron chi connectivity index (χ0n) is 20.9. The van der Waals surface area contributed by atoms with Crippen molar-refractivity contribution >= 4 is 6.21 Å². The van der Waals surface area contributed by atoms with Gasteiger partial charge in [-0.15, -0.1) is 5.10 Å². The molecule has 10 nitrogen and oxygen atoms in total. The number of hydrogen-bond acceptors (Lipinski definition) is 6. The molecule has 1 aromatic carbocycles. The van der Waals surface area contributed by atoms with E-state index in [4.69, 9.17) is 0 Å². The highest BCUT2D eigenvalue weighted by molar-refractivity contribution is 5.65. The van der Waals surface area contributed by atoms with E-state index < -0.39 is 5.41 Å². The molecule has 1 atom stereocenters. The quantitative estimate of drug-likeness (QED) is 0.390. The van der Waals surface area contributed by atoms with Gasteiger partial charge in [-0.25, -0.2) is 19.4 Å². The summed E-state index contributed by atoms with van der Waals surface area (Å²) in [6, 6.07) is 8.15. The van der Waals surface area contributed by atoms with Crippen LogP contribution in [0.2, 0.25) is 0 Å². The van der Waals surface area contributed by atoms with Crippen molar-refractivity contribution in [3.63, 3.8) is 0 Å². The van der Waals surface area contributed by atoms with Crippen LogP contribution in [0.1, 0.15) is 44.9 Å². The lowest BCUT2D eigenvalue weighted by Gasteiger charge is -2.32. The molecule has 186 valence electrons. The fraction of sp³-hybridized carbons (Fsp3) is 0.385. The van der Waals surface area contributed by atoms with E-state index in [1.165, 1.54) is 0 Å². The number of aromatic nitrogens is 8. The normalized spacial score (nSPS) is 17.3. The number of hydrogen-bond donors (Lipinski definition) is 1. The van der Waals surface area contributed by atoms with Crippen LogP contribution >= 0.6 is 0 Å². The molecule has 0 saturated heterocycles. The van der Waals surface area contributed by atoms with Crippen molar-refractivity contribution in [2.45, 2.75) is 58.5 Å². The van der Waals surface area contributed by atoms with E-state index in [0.29, 0.717) is 30.7 Å². The molecule has 1 unspecified atom stereocenters. The Hall–Kier alpha value is -4.08. The van der Waals surface area contributed by atoms with Gasteiger partial charge in [-0.2, -0.15) is 0 Å². The number of benzene rings is 1. The lowest BCUT2D eigenvalue weighted by Crippen LogP contribution is -2.37. The highest BCUT2D eigenvalue weighted by atomic mass is 16.1. The summed E-state index contributed by atoms with van der Waals surface area (Å²) in [5, 5.41) is 14.3. The van der Waals surface area contributed by atoms with Gasteiger partial charge in [0, 0.05) is 60.8 Å². The molecule has 0 amide bonds. The predicted octanol–water partition coefficient (Wildman–Crippen LogP) is 3.55. The second kappa shape index (κ2) is 9.88. The van der Waals surface area contributed by atoms with Crippen LogP contribution < -0.4 is 5.69 Å². The first kappa shape index (κ1) is 23.7. The third-order valence-electron chi connectivity index (χ3n) is 6.58. The summed E-state index contributed by atoms with van der Waals surface area (Å²) in [6.07, 6.45) is 13.9. The summed E-state index contributed by atoms with van der Waals surface area (Å²) in [4.78, 5) is 22.7. The molecule has 5 rings (SSSR count). The van der Waals surface area contributed by atoms with Gasteiger partial charge in [-0.1, -0.05) is 51.5 Å². The van der Waals surface area contributed by atoms with Gasteiger partial charge in [0.2, 0.25) is 5.95 Å². The number of aliphatic imine (C=N–C) groups is 1. The third-order valence-corrected chi connectivity index (χ3v) is 6.58. The molecule has 0 spiro atoms. The molecule has 3 aromatic heterocycles. The van der Waals surface area contributed by atoms with E-state index in [-0.39, 0.29) is 5.69 Å². The van der Waals surface area contributed by atoms with Crippen LogP contribution in [0.3, 0.4) is 0 Å². The summed E-state index contributed by atoms with van der Waals surface area (Å²) in [7, 11) is 0. The molecule has 1 N–H and O–H groups in total. The summed E-state index contributed by atoms with van der Waals surface area (Å²) in [5.74, 6) is 1.69. The molecule has 1 aliphatic rings. The van der Waals surface area contributed by atoms with Crippen LogP contribution in [-0.4, -0.2) is 45.5 Å². The summed E-state index contributed by atoms with van der Waals surface area (Å²) >= 11 is 0. The van der Waals surface area contributed by atoms with Crippen molar-refractivity contribution in [2.75, 3.05) is 0 Å². The Bertz CT molecular complexity index is 1440. The van der Waals surface area contributed by atoms with Crippen LogP contribution in [-0.2, 0) is 24.9 Å². The molecule has 0 saturated carbocycles. The van der Waals surface area contributed by atoms with Gasteiger partial charge >= 0.3 is 5.69 Å². The van der Waals surface area contributed by atoms with Crippen molar-refractivity contribution < 1.29 is 0 Å². The number of imidazole rings is 2. The Morgan fingerprint density at radius 3 is 2.86 bits per heavy atom. The van der Waals surface area contributed by atoms with Crippen molar-refractivity contribution in [3.05, 3.63) is 76.9 Å². The molecule has 0 bridgehead atoms. The smallest absolute Gasteiger partial charge is 0.316 e. The molecule has 0 radical (unpaired) electrons. The minimum Gasteiger partial charge on any atom is -0.316 e. The Labute approximate surface area is 209 Å². The van der Waals surface area contributed by atoms with E-state index in [1.54, 1.807) is 10.8 Å². The molecule has 0 aliphatic carbocycles. The fourth-order valence-corrected chi connectivity index (χ4v) is 4.85. The zero-order chi connectivity index (χ0) is 25.1. The van der Waals surface area contributed by atoms with E-state index in [9.17, 15) is 4.79 Å². The highest BCUT2D eigenvalue weighted by Crippen LogP contribution is 2.35. The number of aromatic amines is 1. The maximum absolute atomic E-state index is 13.9. The molecule has 10 heteroatoms. The monoisotopic (exact) mass is 485 g/mol. The van der Waals surface area contributed by atoms with E-state index in [1.807, 2.05) is 46.1 Å². The van der Waals surface area contributed by atoms with Crippen LogP contribution in [0.25, 0.3) is 17.3 Å². The third kappa shape index (κ3) is 4.46. The lowest BCUT2D eigenvalue weighted by atomic mass is 9.76. The predicted molar refractivity (Wildman–Crippen MR) is 138 cm³/mol. The van der Waals surface area contributed by atoms with Gasteiger partial charge in [0.05, 0.1) is 0 Å². The number of nitrogens with one attached hydrogen (secondary N) is 1. The molecule has 36 heavy (non-hydrogen) atoms. The van der Waals surface area contributed by atoms with Gasteiger partial charge in [0.1, 0.15) is 0 Å². The number of H-pyrrole nitrogens is 1. The van der Waals surface area contributed by atoms with Gasteiger partial charge in [-0.05, 0) is 40.8 Å². The summed E-state index contributed by atoms with van der Waals surface area (Å²) < 4.78 is 5.65. The zero-order valence-corrected chi connectivity index (χ0v) is 20.9. The first-order chi connectivity index (χ1) is 17.5. The molecule has 4 aromatic rings. The van der Waals surface area contributed by atoms with E-state index >= 15 is 0 Å². The lowest BCUT2D eigenvalue weighted by molar-refractivity contribution is 0.438. The van der Waals surface area contributed by atoms with Crippen molar-refractivity contribution in [1.82, 2.24) is 39.3 Å². The molecular formula is C26H31N9O. The fourth-order valence-electron chi connectivity index (χ4n) is 4.85. The SMILES string of the molecule is CCCc1cn(-c2nccn2CC(C)C)c(=O)n1CC1(c2cccc(-c3nnn[nH]3)c2)C=CN=CC1. The number of rotatable bonds is 9. The Balaban J connectivity index is 1.59. The Morgan fingerprint density at radius 1 is 1.25 bits per heavy atom. The molecule has 1 aliphatic heterocycles. The molecule has 0 fully saturated rings. The van der Waals surface area contributed by atoms with E-state index in [0.717, 1.165) is 36.2 Å². The maximum atomic E-state index is 13.9. The molecular weight excluding hydrogens is 454 g/mol.